The summed E-state index contributed by atoms with van der Waals surface area (Å²) in [5.41, 5.74) is 6.85. The number of nitrogens with one attached hydrogen (secondary N) is 1. The predicted molar refractivity (Wildman–Crippen MR) is 66.1 cm³/mol. The van der Waals surface area contributed by atoms with Gasteiger partial charge in [0.1, 0.15) is 0 Å². The second kappa shape index (κ2) is 5.27. The number of amides is 1. The van der Waals surface area contributed by atoms with E-state index in [9.17, 15) is 4.79 Å². The highest BCUT2D eigenvalue weighted by molar-refractivity contribution is 5.79. The molecule has 0 bridgehead atoms. The van der Waals surface area contributed by atoms with Gasteiger partial charge in [0.2, 0.25) is 5.91 Å². The van der Waals surface area contributed by atoms with Gasteiger partial charge in [-0.25, -0.2) is 0 Å². The number of nitrogens with two attached hydrogens (primary N) is 1. The number of carbonyl (C=O) groups excluding carboxylic acids is 1. The maximum absolute atomic E-state index is 12.0. The van der Waals surface area contributed by atoms with Gasteiger partial charge in [0.05, 0.1) is 6.04 Å². The van der Waals surface area contributed by atoms with Crippen LogP contribution in [0.4, 0.5) is 0 Å². The molecule has 1 aliphatic rings. The Balaban J connectivity index is 1.91. The Labute approximate surface area is 102 Å². The number of pyridine rings is 1. The van der Waals surface area contributed by atoms with Gasteiger partial charge in [0.15, 0.2) is 0 Å². The van der Waals surface area contributed by atoms with Gasteiger partial charge in [0.25, 0.3) is 0 Å². The molecule has 0 aromatic carbocycles. The minimum absolute atomic E-state index is 0.00743. The fourth-order valence-electron chi connectivity index (χ4n) is 2.30. The first kappa shape index (κ1) is 12.0. The molecule has 4 nitrogen and oxygen atoms in total. The van der Waals surface area contributed by atoms with E-state index in [1.165, 1.54) is 0 Å². The van der Waals surface area contributed by atoms with Crippen molar-refractivity contribution < 1.29 is 4.79 Å². The molecule has 3 N–H and O–H groups in total. The number of nitrogens with zero attached hydrogens (tertiary/aromatic N) is 1. The molecule has 1 amide bonds. The predicted octanol–water partition coefficient (Wildman–Crippen LogP) is 1.39. The molecule has 1 fully saturated rings. The van der Waals surface area contributed by atoms with Crippen molar-refractivity contribution in [2.75, 3.05) is 0 Å². The normalized spacial score (nSPS) is 25.5. The van der Waals surface area contributed by atoms with Gasteiger partial charge in [-0.05, 0) is 37.8 Å². The highest BCUT2D eigenvalue weighted by Crippen LogP contribution is 2.25. The topological polar surface area (TPSA) is 68.0 Å². The Bertz CT molecular complexity index is 380. The van der Waals surface area contributed by atoms with E-state index in [0.717, 1.165) is 24.8 Å². The van der Waals surface area contributed by atoms with E-state index in [4.69, 9.17) is 5.73 Å². The van der Waals surface area contributed by atoms with E-state index in [2.05, 4.69) is 10.3 Å². The van der Waals surface area contributed by atoms with Gasteiger partial charge in [-0.2, -0.15) is 0 Å². The zero-order chi connectivity index (χ0) is 12.3. The standard InChI is InChI=1S/C13H19N3O/c1-9(11-3-2-6-15-8-11)16-13(17)10-4-5-12(14)7-10/h2-3,6,8-10,12H,4-5,7,14H2,1H3,(H,16,17)/t9-,10?,12?/m0/s1. The Morgan fingerprint density at radius 2 is 2.41 bits per heavy atom. The van der Waals surface area contributed by atoms with Crippen LogP contribution in [0, 0.1) is 5.92 Å². The van der Waals surface area contributed by atoms with Crippen LogP contribution in [0.15, 0.2) is 24.5 Å². The minimum atomic E-state index is 0.00743. The van der Waals surface area contributed by atoms with Crippen LogP contribution in [0.25, 0.3) is 0 Å². The lowest BCUT2D eigenvalue weighted by Crippen LogP contribution is -2.32. The molecule has 1 aromatic rings. The van der Waals surface area contributed by atoms with Gasteiger partial charge >= 0.3 is 0 Å². The van der Waals surface area contributed by atoms with Crippen LogP contribution in [0.2, 0.25) is 0 Å². The lowest BCUT2D eigenvalue weighted by atomic mass is 10.1. The fraction of sp³-hybridized carbons (Fsp3) is 0.538. The monoisotopic (exact) mass is 233 g/mol. The second-order valence-electron chi connectivity index (χ2n) is 4.79. The van der Waals surface area contributed by atoms with E-state index in [-0.39, 0.29) is 23.9 Å². The van der Waals surface area contributed by atoms with Crippen molar-refractivity contribution in [3.63, 3.8) is 0 Å². The first-order chi connectivity index (χ1) is 8.16. The van der Waals surface area contributed by atoms with Crippen LogP contribution in [0.3, 0.4) is 0 Å². The molecule has 0 aliphatic heterocycles. The number of carbonyl (C=O) groups is 1. The molecular weight excluding hydrogens is 214 g/mol. The van der Waals surface area contributed by atoms with Gasteiger partial charge in [0, 0.05) is 24.4 Å². The summed E-state index contributed by atoms with van der Waals surface area (Å²) in [6, 6.07) is 4.05. The number of hydrogen-bond acceptors (Lipinski definition) is 3. The Morgan fingerprint density at radius 1 is 1.59 bits per heavy atom. The number of rotatable bonds is 3. The van der Waals surface area contributed by atoms with Crippen LogP contribution in [-0.4, -0.2) is 16.9 Å². The molecule has 0 radical (unpaired) electrons. The lowest BCUT2D eigenvalue weighted by molar-refractivity contribution is -0.125. The van der Waals surface area contributed by atoms with Gasteiger partial charge in [-0.1, -0.05) is 6.07 Å². The molecule has 17 heavy (non-hydrogen) atoms. The largest absolute Gasteiger partial charge is 0.349 e. The smallest absolute Gasteiger partial charge is 0.223 e. The SMILES string of the molecule is C[C@H](NC(=O)C1CCC(N)C1)c1cccnc1. The Kier molecular flexibility index (Phi) is 3.74. The van der Waals surface area contributed by atoms with Crippen molar-refractivity contribution in [2.45, 2.75) is 38.3 Å². The lowest BCUT2D eigenvalue weighted by Gasteiger charge is -2.17. The highest BCUT2D eigenvalue weighted by Gasteiger charge is 2.28. The molecular formula is C13H19N3O. The van der Waals surface area contributed by atoms with Crippen molar-refractivity contribution in [1.82, 2.24) is 10.3 Å². The van der Waals surface area contributed by atoms with E-state index < -0.39 is 0 Å². The summed E-state index contributed by atoms with van der Waals surface area (Å²) in [5.74, 6) is 0.207. The fourth-order valence-corrected chi connectivity index (χ4v) is 2.30. The van der Waals surface area contributed by atoms with Crippen molar-refractivity contribution in [1.29, 1.82) is 0 Å². The number of aromatic nitrogens is 1. The van der Waals surface area contributed by atoms with Crippen LogP contribution in [-0.2, 0) is 4.79 Å². The van der Waals surface area contributed by atoms with E-state index in [1.54, 1.807) is 12.4 Å². The van der Waals surface area contributed by atoms with Gasteiger partial charge in [-0.15, -0.1) is 0 Å². The third-order valence-corrected chi connectivity index (χ3v) is 3.39. The number of hydrogen-bond donors (Lipinski definition) is 2. The Hall–Kier alpha value is -1.42. The molecule has 4 heteroatoms. The quantitative estimate of drug-likeness (QED) is 0.829. The summed E-state index contributed by atoms with van der Waals surface area (Å²) < 4.78 is 0. The molecule has 2 unspecified atom stereocenters. The Morgan fingerprint density at radius 3 is 3.00 bits per heavy atom. The van der Waals surface area contributed by atoms with Crippen LogP contribution >= 0.6 is 0 Å². The molecule has 92 valence electrons. The third kappa shape index (κ3) is 3.03. The molecule has 3 atom stereocenters. The van der Waals surface area contributed by atoms with Gasteiger partial charge in [-0.3, -0.25) is 9.78 Å². The zero-order valence-corrected chi connectivity index (χ0v) is 10.1. The van der Waals surface area contributed by atoms with Crippen molar-refractivity contribution in [3.05, 3.63) is 30.1 Å². The average Bonchev–Trinajstić information content (AvgIpc) is 2.77. The molecule has 1 aliphatic carbocycles. The summed E-state index contributed by atoms with van der Waals surface area (Å²) in [4.78, 5) is 16.0. The summed E-state index contributed by atoms with van der Waals surface area (Å²) in [7, 11) is 0. The summed E-state index contributed by atoms with van der Waals surface area (Å²) >= 11 is 0. The molecule has 1 aromatic heterocycles. The molecule has 2 rings (SSSR count). The van der Waals surface area contributed by atoms with Crippen molar-refractivity contribution in [3.8, 4) is 0 Å². The molecule has 1 saturated carbocycles. The highest BCUT2D eigenvalue weighted by atomic mass is 16.1. The van der Waals surface area contributed by atoms with E-state index in [1.807, 2.05) is 19.1 Å². The van der Waals surface area contributed by atoms with E-state index >= 15 is 0 Å². The van der Waals surface area contributed by atoms with Crippen molar-refractivity contribution >= 4 is 5.91 Å². The third-order valence-electron chi connectivity index (χ3n) is 3.39. The summed E-state index contributed by atoms with van der Waals surface area (Å²) in [6.07, 6.45) is 6.19. The average molecular weight is 233 g/mol. The van der Waals surface area contributed by atoms with E-state index in [0.29, 0.717) is 0 Å². The molecule has 1 heterocycles. The summed E-state index contributed by atoms with van der Waals surface area (Å²) in [6.45, 7) is 1.98. The maximum atomic E-state index is 12.0. The second-order valence-corrected chi connectivity index (χ2v) is 4.79. The first-order valence-electron chi connectivity index (χ1n) is 6.12. The summed E-state index contributed by atoms with van der Waals surface area (Å²) in [5, 5.41) is 3.02. The molecule has 0 saturated heterocycles. The first-order valence-corrected chi connectivity index (χ1v) is 6.12. The van der Waals surface area contributed by atoms with Gasteiger partial charge < -0.3 is 11.1 Å². The zero-order valence-electron chi connectivity index (χ0n) is 10.1. The van der Waals surface area contributed by atoms with Crippen LogP contribution in [0.1, 0.15) is 37.8 Å². The van der Waals surface area contributed by atoms with Crippen LogP contribution < -0.4 is 11.1 Å². The van der Waals surface area contributed by atoms with Crippen LogP contribution in [0.5, 0.6) is 0 Å². The maximum Gasteiger partial charge on any atom is 0.223 e. The molecule has 0 spiro atoms. The minimum Gasteiger partial charge on any atom is -0.349 e. The van der Waals surface area contributed by atoms with Crippen molar-refractivity contribution in [2.24, 2.45) is 11.7 Å².